The fraction of sp³-hybridized carbons (Fsp3) is 0.467. The smallest absolute Gasteiger partial charge is 0.250 e. The van der Waals surface area contributed by atoms with E-state index in [0.717, 1.165) is 5.56 Å². The van der Waals surface area contributed by atoms with Crippen LogP contribution in [0.15, 0.2) is 22.6 Å². The number of benzene rings is 1. The van der Waals surface area contributed by atoms with Gasteiger partial charge in [-0.15, -0.1) is 10.2 Å². The van der Waals surface area contributed by atoms with Crippen LogP contribution in [0.2, 0.25) is 5.02 Å². The van der Waals surface area contributed by atoms with Gasteiger partial charge in [0, 0.05) is 24.1 Å². The first-order valence-corrected chi connectivity index (χ1v) is 7.33. The number of rotatable bonds is 5. The molecule has 1 aliphatic rings. The Labute approximate surface area is 133 Å². The number of ether oxygens (including phenoxy) is 3. The van der Waals surface area contributed by atoms with E-state index in [0.29, 0.717) is 48.6 Å². The Hall–Kier alpha value is -1.63. The van der Waals surface area contributed by atoms with E-state index in [1.807, 2.05) is 12.1 Å². The van der Waals surface area contributed by atoms with E-state index >= 15 is 0 Å². The van der Waals surface area contributed by atoms with E-state index in [2.05, 4.69) is 10.2 Å². The van der Waals surface area contributed by atoms with Crippen LogP contribution >= 0.6 is 11.6 Å². The van der Waals surface area contributed by atoms with Crippen molar-refractivity contribution in [1.82, 2.24) is 10.2 Å². The third-order valence-electron chi connectivity index (χ3n) is 3.86. The standard InChI is InChI=1S/C15H17ClN2O4/c1-19-12-5-3-4-11(16)10(12)8-13-17-18-14(22-13)15(20-2)6-7-21-9-15/h3-5H,6-9H2,1-2H3. The van der Waals surface area contributed by atoms with Gasteiger partial charge in [-0.2, -0.15) is 0 Å². The lowest BCUT2D eigenvalue weighted by Crippen LogP contribution is -2.29. The predicted molar refractivity (Wildman–Crippen MR) is 79.2 cm³/mol. The monoisotopic (exact) mass is 324 g/mol. The molecule has 1 saturated heterocycles. The average Bonchev–Trinajstić information content (AvgIpc) is 3.19. The van der Waals surface area contributed by atoms with E-state index < -0.39 is 5.60 Å². The maximum absolute atomic E-state index is 6.23. The summed E-state index contributed by atoms with van der Waals surface area (Å²) in [5.74, 6) is 1.59. The zero-order valence-corrected chi connectivity index (χ0v) is 13.2. The van der Waals surface area contributed by atoms with E-state index in [1.165, 1.54) is 0 Å². The molecule has 3 rings (SSSR count). The molecular weight excluding hydrogens is 308 g/mol. The lowest BCUT2D eigenvalue weighted by Gasteiger charge is -2.20. The van der Waals surface area contributed by atoms with Crippen molar-refractivity contribution < 1.29 is 18.6 Å². The molecule has 118 valence electrons. The minimum atomic E-state index is -0.643. The number of hydrogen-bond acceptors (Lipinski definition) is 6. The molecule has 0 saturated carbocycles. The summed E-state index contributed by atoms with van der Waals surface area (Å²) in [7, 11) is 3.22. The molecule has 22 heavy (non-hydrogen) atoms. The average molecular weight is 325 g/mol. The minimum absolute atomic E-state index is 0.399. The van der Waals surface area contributed by atoms with E-state index in [1.54, 1.807) is 20.3 Å². The van der Waals surface area contributed by atoms with Gasteiger partial charge in [-0.1, -0.05) is 17.7 Å². The molecule has 1 atom stereocenters. The summed E-state index contributed by atoms with van der Waals surface area (Å²) in [4.78, 5) is 0. The van der Waals surface area contributed by atoms with Crippen molar-refractivity contribution >= 4 is 11.6 Å². The van der Waals surface area contributed by atoms with Gasteiger partial charge in [-0.3, -0.25) is 0 Å². The molecule has 1 unspecified atom stereocenters. The van der Waals surface area contributed by atoms with Gasteiger partial charge in [0.25, 0.3) is 5.89 Å². The van der Waals surface area contributed by atoms with Crippen LogP contribution in [-0.4, -0.2) is 37.6 Å². The van der Waals surface area contributed by atoms with Gasteiger partial charge in [0.15, 0.2) is 5.60 Å². The fourth-order valence-corrected chi connectivity index (χ4v) is 2.76. The normalized spacial score (nSPS) is 21.2. The molecule has 1 aliphatic heterocycles. The number of hydrogen-bond donors (Lipinski definition) is 0. The second-order valence-electron chi connectivity index (χ2n) is 5.10. The molecule has 0 spiro atoms. The van der Waals surface area contributed by atoms with Crippen molar-refractivity contribution in [2.75, 3.05) is 27.4 Å². The molecule has 1 aromatic heterocycles. The van der Waals surface area contributed by atoms with E-state index in [9.17, 15) is 0 Å². The molecule has 1 fully saturated rings. The topological polar surface area (TPSA) is 66.6 Å². The van der Waals surface area contributed by atoms with Crippen LogP contribution in [0.5, 0.6) is 5.75 Å². The van der Waals surface area contributed by atoms with Crippen LogP contribution in [0.1, 0.15) is 23.8 Å². The van der Waals surface area contributed by atoms with Crippen molar-refractivity contribution in [3.63, 3.8) is 0 Å². The Balaban J connectivity index is 1.86. The van der Waals surface area contributed by atoms with Crippen molar-refractivity contribution in [1.29, 1.82) is 0 Å². The van der Waals surface area contributed by atoms with Crippen molar-refractivity contribution in [3.05, 3.63) is 40.6 Å². The highest BCUT2D eigenvalue weighted by molar-refractivity contribution is 6.31. The predicted octanol–water partition coefficient (Wildman–Crippen LogP) is 2.58. The van der Waals surface area contributed by atoms with Gasteiger partial charge in [0.2, 0.25) is 5.89 Å². The Bertz CT molecular complexity index is 653. The van der Waals surface area contributed by atoms with Gasteiger partial charge >= 0.3 is 0 Å². The van der Waals surface area contributed by atoms with Gasteiger partial charge in [0.05, 0.1) is 26.7 Å². The van der Waals surface area contributed by atoms with Crippen LogP contribution in [0.4, 0.5) is 0 Å². The molecule has 0 aliphatic carbocycles. The minimum Gasteiger partial charge on any atom is -0.496 e. The van der Waals surface area contributed by atoms with E-state index in [4.69, 9.17) is 30.2 Å². The number of aromatic nitrogens is 2. The summed E-state index contributed by atoms with van der Waals surface area (Å²) in [6, 6.07) is 5.48. The van der Waals surface area contributed by atoms with Crippen molar-refractivity contribution in [2.24, 2.45) is 0 Å². The van der Waals surface area contributed by atoms with Gasteiger partial charge in [-0.25, -0.2) is 0 Å². The second-order valence-corrected chi connectivity index (χ2v) is 5.51. The highest BCUT2D eigenvalue weighted by Crippen LogP contribution is 2.34. The molecule has 0 radical (unpaired) electrons. The molecule has 6 nitrogen and oxygen atoms in total. The maximum atomic E-state index is 6.23. The third-order valence-corrected chi connectivity index (χ3v) is 4.21. The Morgan fingerprint density at radius 1 is 1.32 bits per heavy atom. The first kappa shape index (κ1) is 15.3. The quantitative estimate of drug-likeness (QED) is 0.842. The summed E-state index contributed by atoms with van der Waals surface area (Å²) < 4.78 is 22.0. The molecular formula is C15H17ClN2O4. The van der Waals surface area contributed by atoms with Gasteiger partial charge in [-0.05, 0) is 12.1 Å². The van der Waals surface area contributed by atoms with Crippen molar-refractivity contribution in [3.8, 4) is 5.75 Å². The van der Waals surface area contributed by atoms with Crippen LogP contribution in [-0.2, 0) is 21.5 Å². The zero-order chi connectivity index (χ0) is 15.6. The first-order valence-electron chi connectivity index (χ1n) is 6.95. The van der Waals surface area contributed by atoms with Crippen LogP contribution in [0.3, 0.4) is 0 Å². The lowest BCUT2D eigenvalue weighted by molar-refractivity contribution is -0.0416. The first-order chi connectivity index (χ1) is 10.7. The molecule has 0 bridgehead atoms. The highest BCUT2D eigenvalue weighted by Gasteiger charge is 2.42. The third kappa shape index (κ3) is 2.69. The summed E-state index contributed by atoms with van der Waals surface area (Å²) in [6.07, 6.45) is 1.09. The maximum Gasteiger partial charge on any atom is 0.250 e. The fourth-order valence-electron chi connectivity index (χ4n) is 2.53. The van der Waals surface area contributed by atoms with Crippen LogP contribution < -0.4 is 4.74 Å². The molecule has 1 aromatic carbocycles. The second kappa shape index (κ2) is 6.24. The summed E-state index contributed by atoms with van der Waals surface area (Å²) in [5, 5.41) is 8.82. The van der Waals surface area contributed by atoms with Gasteiger partial charge < -0.3 is 18.6 Å². The molecule has 0 N–H and O–H groups in total. The highest BCUT2D eigenvalue weighted by atomic mass is 35.5. The Kier molecular flexibility index (Phi) is 4.33. The number of methoxy groups -OCH3 is 2. The molecule has 2 heterocycles. The molecule has 2 aromatic rings. The number of halogens is 1. The van der Waals surface area contributed by atoms with Crippen LogP contribution in [0, 0.1) is 0 Å². The summed E-state index contributed by atoms with van der Waals surface area (Å²) in [5.41, 5.74) is 0.173. The van der Waals surface area contributed by atoms with Gasteiger partial charge in [0.1, 0.15) is 5.75 Å². The number of nitrogens with zero attached hydrogens (tertiary/aromatic N) is 2. The Morgan fingerprint density at radius 3 is 2.86 bits per heavy atom. The summed E-state index contributed by atoms with van der Waals surface area (Å²) in [6.45, 7) is 1.03. The SMILES string of the molecule is COc1cccc(Cl)c1Cc1nnc(C2(OC)CCOC2)o1. The zero-order valence-electron chi connectivity index (χ0n) is 12.5. The molecule has 7 heteroatoms. The summed E-state index contributed by atoms with van der Waals surface area (Å²) >= 11 is 6.23. The van der Waals surface area contributed by atoms with Crippen LogP contribution in [0.25, 0.3) is 0 Å². The van der Waals surface area contributed by atoms with Crippen molar-refractivity contribution in [2.45, 2.75) is 18.4 Å². The molecule has 0 amide bonds. The van der Waals surface area contributed by atoms with E-state index in [-0.39, 0.29) is 0 Å². The largest absolute Gasteiger partial charge is 0.496 e. The lowest BCUT2D eigenvalue weighted by atomic mass is 10.0. The Morgan fingerprint density at radius 2 is 2.18 bits per heavy atom.